The Bertz CT molecular complexity index is 444. The van der Waals surface area contributed by atoms with Crippen LogP contribution in [0.15, 0.2) is 17.2 Å². The van der Waals surface area contributed by atoms with Crippen molar-refractivity contribution in [3.05, 3.63) is 22.7 Å². The Labute approximate surface area is 101 Å². The van der Waals surface area contributed by atoms with Crippen molar-refractivity contribution in [3.8, 4) is 0 Å². The molecular formula is C12H19N3O2. The molecule has 2 atom stereocenters. The van der Waals surface area contributed by atoms with Gasteiger partial charge in [0.2, 0.25) is 0 Å². The number of nitrogens with zero attached hydrogens (tertiary/aromatic N) is 3. The smallest absolute Gasteiger partial charge is 0.293 e. The van der Waals surface area contributed by atoms with Crippen LogP contribution in [0.5, 0.6) is 0 Å². The zero-order chi connectivity index (χ0) is 12.4. The molecule has 94 valence electrons. The molecule has 1 aliphatic rings. The Morgan fingerprint density at radius 3 is 3.00 bits per heavy atom. The first-order valence-corrected chi connectivity index (χ1v) is 6.12. The summed E-state index contributed by atoms with van der Waals surface area (Å²) in [6, 6.07) is 0.0166. The maximum atomic E-state index is 12.1. The molecule has 0 spiro atoms. The van der Waals surface area contributed by atoms with Crippen molar-refractivity contribution >= 4 is 5.82 Å². The van der Waals surface area contributed by atoms with E-state index >= 15 is 0 Å². The molecule has 1 N–H and O–H groups in total. The molecule has 0 amide bonds. The van der Waals surface area contributed by atoms with Gasteiger partial charge in [-0.2, -0.15) is 0 Å². The molecule has 2 rings (SSSR count). The average Bonchev–Trinajstić information content (AvgIpc) is 2.70. The standard InChI is InChI=1S/C12H19N3O2/c1-3-14-7-5-13-11(12(14)17)15-6-4-9(2)10(15)8-16/h5,7,9-10,16H,3-4,6,8H2,1-2H3. The van der Waals surface area contributed by atoms with Crippen LogP contribution in [0.25, 0.3) is 0 Å². The molecule has 0 saturated carbocycles. The fourth-order valence-electron chi connectivity index (χ4n) is 2.43. The summed E-state index contributed by atoms with van der Waals surface area (Å²) in [4.78, 5) is 18.3. The molecule has 1 aliphatic heterocycles. The molecule has 1 aromatic heterocycles. The summed E-state index contributed by atoms with van der Waals surface area (Å²) < 4.78 is 1.64. The Morgan fingerprint density at radius 1 is 1.59 bits per heavy atom. The lowest BCUT2D eigenvalue weighted by molar-refractivity contribution is 0.244. The van der Waals surface area contributed by atoms with E-state index in [1.807, 2.05) is 11.8 Å². The topological polar surface area (TPSA) is 58.4 Å². The Morgan fingerprint density at radius 2 is 2.35 bits per heavy atom. The summed E-state index contributed by atoms with van der Waals surface area (Å²) in [5, 5.41) is 9.41. The number of aliphatic hydroxyl groups is 1. The first-order chi connectivity index (χ1) is 8.19. The van der Waals surface area contributed by atoms with Gasteiger partial charge in [0.05, 0.1) is 12.6 Å². The van der Waals surface area contributed by atoms with E-state index in [9.17, 15) is 9.90 Å². The molecule has 1 saturated heterocycles. The predicted octanol–water partition coefficient (Wildman–Crippen LogP) is 0.470. The highest BCUT2D eigenvalue weighted by Crippen LogP contribution is 2.25. The van der Waals surface area contributed by atoms with Gasteiger partial charge in [-0.05, 0) is 19.3 Å². The van der Waals surface area contributed by atoms with Crippen molar-refractivity contribution in [2.24, 2.45) is 5.92 Å². The number of hydrogen-bond acceptors (Lipinski definition) is 4. The summed E-state index contributed by atoms with van der Waals surface area (Å²) in [5.41, 5.74) is -0.0671. The number of aryl methyl sites for hydroxylation is 1. The van der Waals surface area contributed by atoms with Crippen LogP contribution in [0.4, 0.5) is 5.82 Å². The zero-order valence-corrected chi connectivity index (χ0v) is 10.3. The zero-order valence-electron chi connectivity index (χ0n) is 10.3. The molecule has 0 aromatic carbocycles. The van der Waals surface area contributed by atoms with Gasteiger partial charge in [-0.3, -0.25) is 4.79 Å². The molecule has 17 heavy (non-hydrogen) atoms. The van der Waals surface area contributed by atoms with Crippen LogP contribution in [-0.4, -0.2) is 33.9 Å². The van der Waals surface area contributed by atoms with Gasteiger partial charge in [0, 0.05) is 25.5 Å². The van der Waals surface area contributed by atoms with E-state index in [0.717, 1.165) is 13.0 Å². The van der Waals surface area contributed by atoms with Gasteiger partial charge in [-0.25, -0.2) is 4.98 Å². The van der Waals surface area contributed by atoms with Crippen molar-refractivity contribution in [2.45, 2.75) is 32.9 Å². The predicted molar refractivity (Wildman–Crippen MR) is 66.2 cm³/mol. The second-order valence-corrected chi connectivity index (χ2v) is 4.55. The number of anilines is 1. The summed E-state index contributed by atoms with van der Waals surface area (Å²) in [6.45, 7) is 5.54. The van der Waals surface area contributed by atoms with Crippen LogP contribution in [0.3, 0.4) is 0 Å². The van der Waals surface area contributed by atoms with E-state index in [1.54, 1.807) is 17.0 Å². The summed E-state index contributed by atoms with van der Waals surface area (Å²) in [6.07, 6.45) is 4.34. The second-order valence-electron chi connectivity index (χ2n) is 4.55. The van der Waals surface area contributed by atoms with Crippen LogP contribution in [0, 0.1) is 5.92 Å². The van der Waals surface area contributed by atoms with Gasteiger partial charge in [-0.1, -0.05) is 6.92 Å². The van der Waals surface area contributed by atoms with E-state index in [4.69, 9.17) is 0 Å². The first kappa shape index (κ1) is 12.1. The quantitative estimate of drug-likeness (QED) is 0.830. The molecule has 0 radical (unpaired) electrons. The monoisotopic (exact) mass is 237 g/mol. The van der Waals surface area contributed by atoms with Crippen molar-refractivity contribution in [2.75, 3.05) is 18.1 Å². The molecular weight excluding hydrogens is 218 g/mol. The third-order valence-corrected chi connectivity index (χ3v) is 3.58. The van der Waals surface area contributed by atoms with Crippen molar-refractivity contribution in [1.82, 2.24) is 9.55 Å². The lowest BCUT2D eigenvalue weighted by Crippen LogP contribution is -2.40. The average molecular weight is 237 g/mol. The third-order valence-electron chi connectivity index (χ3n) is 3.58. The maximum Gasteiger partial charge on any atom is 0.293 e. The lowest BCUT2D eigenvalue weighted by atomic mass is 10.0. The molecule has 0 bridgehead atoms. The molecule has 0 aliphatic carbocycles. The Hall–Kier alpha value is -1.36. The highest BCUT2D eigenvalue weighted by atomic mass is 16.3. The van der Waals surface area contributed by atoms with E-state index < -0.39 is 0 Å². The van der Waals surface area contributed by atoms with E-state index in [-0.39, 0.29) is 18.2 Å². The summed E-state index contributed by atoms with van der Waals surface area (Å²) >= 11 is 0. The van der Waals surface area contributed by atoms with Crippen LogP contribution in [-0.2, 0) is 6.54 Å². The number of aliphatic hydroxyl groups excluding tert-OH is 1. The van der Waals surface area contributed by atoms with Crippen molar-refractivity contribution in [3.63, 3.8) is 0 Å². The highest BCUT2D eigenvalue weighted by Gasteiger charge is 2.32. The van der Waals surface area contributed by atoms with Gasteiger partial charge in [-0.15, -0.1) is 0 Å². The molecule has 1 aromatic rings. The number of rotatable bonds is 3. The van der Waals surface area contributed by atoms with Gasteiger partial charge in [0.1, 0.15) is 0 Å². The maximum absolute atomic E-state index is 12.1. The molecule has 2 unspecified atom stereocenters. The third kappa shape index (κ3) is 2.07. The van der Waals surface area contributed by atoms with E-state index in [0.29, 0.717) is 18.3 Å². The number of aromatic nitrogens is 2. The Balaban J connectivity index is 2.37. The van der Waals surface area contributed by atoms with Gasteiger partial charge >= 0.3 is 0 Å². The fourth-order valence-corrected chi connectivity index (χ4v) is 2.43. The van der Waals surface area contributed by atoms with Gasteiger partial charge in [0.25, 0.3) is 5.56 Å². The first-order valence-electron chi connectivity index (χ1n) is 6.12. The molecule has 1 fully saturated rings. The largest absolute Gasteiger partial charge is 0.394 e. The lowest BCUT2D eigenvalue weighted by Gasteiger charge is -2.25. The normalized spacial score (nSPS) is 24.3. The molecule has 2 heterocycles. The van der Waals surface area contributed by atoms with Crippen molar-refractivity contribution < 1.29 is 5.11 Å². The minimum atomic E-state index is -0.0671. The van der Waals surface area contributed by atoms with Crippen LogP contribution in [0.2, 0.25) is 0 Å². The molecule has 5 nitrogen and oxygen atoms in total. The molecule has 5 heteroatoms. The summed E-state index contributed by atoms with van der Waals surface area (Å²) in [7, 11) is 0. The van der Waals surface area contributed by atoms with Crippen LogP contribution in [0.1, 0.15) is 20.3 Å². The Kier molecular flexibility index (Phi) is 3.47. The number of hydrogen-bond donors (Lipinski definition) is 1. The highest BCUT2D eigenvalue weighted by molar-refractivity contribution is 5.39. The van der Waals surface area contributed by atoms with E-state index in [2.05, 4.69) is 11.9 Å². The van der Waals surface area contributed by atoms with Crippen LogP contribution >= 0.6 is 0 Å². The SMILES string of the molecule is CCn1ccnc(N2CCC(C)C2CO)c1=O. The van der Waals surface area contributed by atoms with E-state index in [1.165, 1.54) is 0 Å². The minimum Gasteiger partial charge on any atom is -0.394 e. The van der Waals surface area contributed by atoms with Gasteiger partial charge in [0.15, 0.2) is 5.82 Å². The fraction of sp³-hybridized carbons (Fsp3) is 0.667. The second kappa shape index (κ2) is 4.87. The van der Waals surface area contributed by atoms with Gasteiger partial charge < -0.3 is 14.6 Å². The minimum absolute atomic E-state index is 0.0166. The summed E-state index contributed by atoms with van der Waals surface area (Å²) in [5.74, 6) is 0.870. The van der Waals surface area contributed by atoms with Crippen LogP contribution < -0.4 is 10.5 Å². The van der Waals surface area contributed by atoms with Crippen molar-refractivity contribution in [1.29, 1.82) is 0 Å².